The second-order valence-electron chi connectivity index (χ2n) is 5.42. The van der Waals surface area contributed by atoms with Gasteiger partial charge in [0.05, 0.1) is 6.61 Å². The molecule has 0 bridgehead atoms. The molecule has 2 aromatic heterocycles. The minimum Gasteiger partial charge on any atom is -0.462 e. The van der Waals surface area contributed by atoms with Gasteiger partial charge in [0.15, 0.2) is 0 Å². The van der Waals surface area contributed by atoms with Gasteiger partial charge in [0.2, 0.25) is 0 Å². The first-order chi connectivity index (χ1) is 11.9. The maximum atomic E-state index is 12.3. The number of anilines is 1. The van der Waals surface area contributed by atoms with Crippen molar-refractivity contribution in [1.82, 2.24) is 0 Å². The number of furan rings is 1. The van der Waals surface area contributed by atoms with Gasteiger partial charge in [0.1, 0.15) is 21.1 Å². The van der Waals surface area contributed by atoms with Crippen molar-refractivity contribution in [1.29, 1.82) is 0 Å². The molecular weight excluding hydrogens is 362 g/mol. The van der Waals surface area contributed by atoms with Crippen LogP contribution in [0, 0.1) is 6.92 Å². The molecule has 1 N–H and O–H groups in total. The molecule has 3 rings (SSSR count). The van der Waals surface area contributed by atoms with Gasteiger partial charge in [-0.1, -0.05) is 13.0 Å². The zero-order valence-electron chi connectivity index (χ0n) is 13.7. The highest BCUT2D eigenvalue weighted by molar-refractivity contribution is 7.94. The average molecular weight is 379 g/mol. The quantitative estimate of drug-likeness (QED) is 0.650. The molecule has 2 heterocycles. The van der Waals surface area contributed by atoms with Crippen molar-refractivity contribution in [3.8, 4) is 0 Å². The van der Waals surface area contributed by atoms with Crippen LogP contribution in [-0.2, 0) is 14.8 Å². The van der Waals surface area contributed by atoms with Gasteiger partial charge in [-0.05, 0) is 43.0 Å². The van der Waals surface area contributed by atoms with E-state index in [4.69, 9.17) is 9.15 Å². The van der Waals surface area contributed by atoms with E-state index < -0.39 is 16.0 Å². The number of aryl methyl sites for hydroxylation is 1. The lowest BCUT2D eigenvalue weighted by molar-refractivity contribution is 0.0505. The molecule has 3 aromatic rings. The third-order valence-electron chi connectivity index (χ3n) is 3.52. The topological polar surface area (TPSA) is 85.6 Å². The fraction of sp³-hybridized carbons (Fsp3) is 0.235. The largest absolute Gasteiger partial charge is 0.462 e. The van der Waals surface area contributed by atoms with E-state index >= 15 is 0 Å². The van der Waals surface area contributed by atoms with E-state index in [2.05, 4.69) is 4.72 Å². The number of fused-ring (bicyclic) bond motifs is 1. The third-order valence-corrected chi connectivity index (χ3v) is 6.30. The molecule has 6 nitrogen and oxygen atoms in total. The number of thiophene rings is 1. The number of hydrogen-bond acceptors (Lipinski definition) is 6. The summed E-state index contributed by atoms with van der Waals surface area (Å²) in [4.78, 5) is 12.3. The molecule has 0 spiro atoms. The molecule has 0 aliphatic carbocycles. The number of sulfonamides is 1. The third kappa shape index (κ3) is 3.54. The second kappa shape index (κ2) is 6.89. The molecule has 0 saturated carbocycles. The zero-order chi connectivity index (χ0) is 18.0. The van der Waals surface area contributed by atoms with Gasteiger partial charge < -0.3 is 9.15 Å². The monoisotopic (exact) mass is 379 g/mol. The van der Waals surface area contributed by atoms with Crippen molar-refractivity contribution in [2.24, 2.45) is 0 Å². The van der Waals surface area contributed by atoms with Crippen LogP contribution in [0.15, 0.2) is 44.3 Å². The molecule has 0 atom stereocenters. The smallest absolute Gasteiger partial charge is 0.342 e. The van der Waals surface area contributed by atoms with Crippen LogP contribution in [0.1, 0.15) is 29.5 Å². The van der Waals surface area contributed by atoms with Crippen molar-refractivity contribution >= 4 is 44.0 Å². The predicted octanol–water partition coefficient (Wildman–Crippen LogP) is 4.17. The zero-order valence-corrected chi connectivity index (χ0v) is 15.4. The van der Waals surface area contributed by atoms with Gasteiger partial charge in [-0.15, -0.1) is 11.3 Å². The number of esters is 1. The second-order valence-corrected chi connectivity index (χ2v) is 8.27. The minimum absolute atomic E-state index is 0.221. The Morgan fingerprint density at radius 1 is 1.32 bits per heavy atom. The molecule has 8 heteroatoms. The van der Waals surface area contributed by atoms with E-state index in [1.165, 1.54) is 6.07 Å². The average Bonchev–Trinajstić information content (AvgIpc) is 3.19. The Kier molecular flexibility index (Phi) is 4.82. The number of nitrogens with one attached hydrogen (secondary N) is 1. The summed E-state index contributed by atoms with van der Waals surface area (Å²) >= 11 is 1.13. The van der Waals surface area contributed by atoms with E-state index in [-0.39, 0.29) is 4.21 Å². The highest BCUT2D eigenvalue weighted by atomic mass is 32.2. The van der Waals surface area contributed by atoms with E-state index in [0.29, 0.717) is 41.0 Å². The Morgan fingerprint density at radius 3 is 2.80 bits per heavy atom. The van der Waals surface area contributed by atoms with Crippen LogP contribution < -0.4 is 4.72 Å². The van der Waals surface area contributed by atoms with Crippen LogP contribution in [0.5, 0.6) is 0 Å². The SMILES string of the molecule is CCCOC(=O)c1c(C)oc2ccc(NS(=O)(=O)c3cccs3)cc12. The summed E-state index contributed by atoms with van der Waals surface area (Å²) in [5.74, 6) is -0.0364. The van der Waals surface area contributed by atoms with Gasteiger partial charge in [-0.25, -0.2) is 13.2 Å². The summed E-state index contributed by atoms with van der Waals surface area (Å²) in [5, 5.41) is 2.21. The van der Waals surface area contributed by atoms with Crippen LogP contribution in [-0.4, -0.2) is 21.0 Å². The number of carbonyl (C=O) groups is 1. The van der Waals surface area contributed by atoms with Crippen molar-refractivity contribution in [2.45, 2.75) is 24.5 Å². The summed E-state index contributed by atoms with van der Waals surface area (Å²) in [7, 11) is -3.66. The van der Waals surface area contributed by atoms with E-state index in [9.17, 15) is 13.2 Å². The summed E-state index contributed by atoms with van der Waals surface area (Å²) in [5.41, 5.74) is 1.17. The van der Waals surface area contributed by atoms with Crippen LogP contribution in [0.25, 0.3) is 11.0 Å². The number of hydrogen-bond donors (Lipinski definition) is 1. The Bertz CT molecular complexity index is 1000. The first kappa shape index (κ1) is 17.5. The normalized spacial score (nSPS) is 11.6. The van der Waals surface area contributed by atoms with E-state index in [1.807, 2.05) is 6.92 Å². The first-order valence-electron chi connectivity index (χ1n) is 7.69. The lowest BCUT2D eigenvalue weighted by Crippen LogP contribution is -2.11. The van der Waals surface area contributed by atoms with Crippen LogP contribution in [0.2, 0.25) is 0 Å². The highest BCUT2D eigenvalue weighted by Gasteiger charge is 2.21. The Labute approximate surface area is 149 Å². The molecule has 0 saturated heterocycles. The van der Waals surface area contributed by atoms with Crippen molar-refractivity contribution in [2.75, 3.05) is 11.3 Å². The predicted molar refractivity (Wildman–Crippen MR) is 96.7 cm³/mol. The van der Waals surface area contributed by atoms with Crippen molar-refractivity contribution in [3.63, 3.8) is 0 Å². The van der Waals surface area contributed by atoms with Crippen LogP contribution >= 0.6 is 11.3 Å². The minimum atomic E-state index is -3.66. The van der Waals surface area contributed by atoms with Crippen LogP contribution in [0.3, 0.4) is 0 Å². The lowest BCUT2D eigenvalue weighted by Gasteiger charge is -2.07. The summed E-state index contributed by atoms with van der Waals surface area (Å²) < 4.78 is 38.2. The van der Waals surface area contributed by atoms with Gasteiger partial charge in [-0.3, -0.25) is 4.72 Å². The van der Waals surface area contributed by atoms with Gasteiger partial charge in [0.25, 0.3) is 10.0 Å². The molecule has 0 fully saturated rings. The maximum Gasteiger partial charge on any atom is 0.342 e. The molecule has 1 aromatic carbocycles. The molecule has 0 aliphatic rings. The number of rotatable bonds is 6. The molecule has 132 valence electrons. The standard InChI is InChI=1S/C17H17NO5S2/c1-3-8-22-17(19)16-11(2)23-14-7-6-12(10-13(14)16)18-25(20,21)15-5-4-9-24-15/h4-7,9-10,18H,3,8H2,1-2H3. The molecule has 25 heavy (non-hydrogen) atoms. The first-order valence-corrected chi connectivity index (χ1v) is 10.0. The Hall–Kier alpha value is -2.32. The Balaban J connectivity index is 1.98. The van der Waals surface area contributed by atoms with Crippen LogP contribution in [0.4, 0.5) is 5.69 Å². The van der Waals surface area contributed by atoms with Crippen molar-refractivity contribution < 1.29 is 22.4 Å². The summed E-state index contributed by atoms with van der Waals surface area (Å²) in [6.45, 7) is 3.90. The maximum absolute atomic E-state index is 12.3. The summed E-state index contributed by atoms with van der Waals surface area (Å²) in [6.07, 6.45) is 0.715. The van der Waals surface area contributed by atoms with Gasteiger partial charge in [-0.2, -0.15) is 0 Å². The Morgan fingerprint density at radius 2 is 2.12 bits per heavy atom. The molecule has 0 aliphatic heterocycles. The van der Waals surface area contributed by atoms with Crippen molar-refractivity contribution in [3.05, 3.63) is 47.0 Å². The fourth-order valence-corrected chi connectivity index (χ4v) is 4.47. The molecule has 0 radical (unpaired) electrons. The lowest BCUT2D eigenvalue weighted by atomic mass is 10.1. The molecule has 0 unspecified atom stereocenters. The van der Waals surface area contributed by atoms with E-state index in [0.717, 1.165) is 11.3 Å². The molecule has 0 amide bonds. The van der Waals surface area contributed by atoms with Gasteiger partial charge >= 0.3 is 5.97 Å². The summed E-state index contributed by atoms with van der Waals surface area (Å²) in [6, 6.07) is 8.01. The number of carbonyl (C=O) groups excluding carboxylic acids is 1. The van der Waals surface area contributed by atoms with Gasteiger partial charge in [0, 0.05) is 11.1 Å². The number of ether oxygens (including phenoxy) is 1. The number of benzene rings is 1. The van der Waals surface area contributed by atoms with E-state index in [1.54, 1.807) is 36.6 Å². The fourth-order valence-electron chi connectivity index (χ4n) is 2.43. The highest BCUT2D eigenvalue weighted by Crippen LogP contribution is 2.30. The molecular formula is C17H17NO5S2.